The number of ether oxygens (including phenoxy) is 1. The molecule has 0 aliphatic rings. The largest absolute Gasteiger partial charge is 0.465 e. The second kappa shape index (κ2) is 4.65. The Bertz CT molecular complexity index is 553. The number of nitrogens with two attached hydrogens (primary N) is 1. The summed E-state index contributed by atoms with van der Waals surface area (Å²) in [6.45, 7) is 0. The van der Waals surface area contributed by atoms with E-state index in [2.05, 4.69) is 9.72 Å². The van der Waals surface area contributed by atoms with E-state index in [9.17, 15) is 4.79 Å². The zero-order chi connectivity index (χ0) is 12.3. The first kappa shape index (κ1) is 11.1. The standard InChI is InChI=1S/C13H12N2O2/c1-17-13(16)10-5-2-4-9(8-10)11-6-3-7-15-12(11)14/h2-8H,1H3,(H2,14,15). The van der Waals surface area contributed by atoms with E-state index in [-0.39, 0.29) is 5.97 Å². The number of carbonyl (C=O) groups is 1. The van der Waals surface area contributed by atoms with Gasteiger partial charge in [0.1, 0.15) is 5.82 Å². The lowest BCUT2D eigenvalue weighted by molar-refractivity contribution is 0.0601. The van der Waals surface area contributed by atoms with Crippen molar-refractivity contribution in [2.75, 3.05) is 12.8 Å². The van der Waals surface area contributed by atoms with E-state index in [1.165, 1.54) is 7.11 Å². The van der Waals surface area contributed by atoms with Crippen molar-refractivity contribution in [1.82, 2.24) is 4.98 Å². The number of hydrogen-bond donors (Lipinski definition) is 1. The van der Waals surface area contributed by atoms with Crippen LogP contribution in [-0.2, 0) is 4.74 Å². The maximum absolute atomic E-state index is 11.4. The Labute approximate surface area is 99.1 Å². The first-order valence-corrected chi connectivity index (χ1v) is 5.11. The van der Waals surface area contributed by atoms with Gasteiger partial charge in [0.05, 0.1) is 12.7 Å². The summed E-state index contributed by atoms with van der Waals surface area (Å²) in [5, 5.41) is 0. The molecule has 0 unspecified atom stereocenters. The average Bonchev–Trinajstić information content (AvgIpc) is 2.38. The molecule has 0 amide bonds. The predicted octanol–water partition coefficient (Wildman–Crippen LogP) is 2.12. The van der Waals surface area contributed by atoms with Gasteiger partial charge in [0.15, 0.2) is 0 Å². The van der Waals surface area contributed by atoms with Crippen molar-refractivity contribution < 1.29 is 9.53 Å². The summed E-state index contributed by atoms with van der Waals surface area (Å²) in [6, 6.07) is 10.8. The van der Waals surface area contributed by atoms with Crippen LogP contribution in [0.4, 0.5) is 5.82 Å². The SMILES string of the molecule is COC(=O)c1cccc(-c2cccnc2N)c1. The fourth-order valence-corrected chi connectivity index (χ4v) is 1.59. The Hall–Kier alpha value is -2.36. The van der Waals surface area contributed by atoms with Gasteiger partial charge in [-0.25, -0.2) is 9.78 Å². The van der Waals surface area contributed by atoms with Gasteiger partial charge in [0, 0.05) is 11.8 Å². The maximum atomic E-state index is 11.4. The topological polar surface area (TPSA) is 65.2 Å². The number of benzene rings is 1. The third-order valence-electron chi connectivity index (χ3n) is 2.43. The van der Waals surface area contributed by atoms with Gasteiger partial charge in [-0.2, -0.15) is 0 Å². The van der Waals surface area contributed by atoms with E-state index in [0.29, 0.717) is 11.4 Å². The van der Waals surface area contributed by atoms with E-state index in [4.69, 9.17) is 5.73 Å². The summed E-state index contributed by atoms with van der Waals surface area (Å²) in [5.41, 5.74) is 7.93. The minimum Gasteiger partial charge on any atom is -0.465 e. The van der Waals surface area contributed by atoms with Gasteiger partial charge < -0.3 is 10.5 Å². The molecule has 0 aliphatic heterocycles. The third kappa shape index (κ3) is 2.25. The van der Waals surface area contributed by atoms with E-state index in [1.807, 2.05) is 12.1 Å². The zero-order valence-corrected chi connectivity index (χ0v) is 9.38. The van der Waals surface area contributed by atoms with Crippen molar-refractivity contribution in [3.63, 3.8) is 0 Å². The summed E-state index contributed by atoms with van der Waals surface area (Å²) < 4.78 is 4.67. The molecular formula is C13H12N2O2. The normalized spacial score (nSPS) is 9.94. The van der Waals surface area contributed by atoms with Gasteiger partial charge in [-0.15, -0.1) is 0 Å². The van der Waals surface area contributed by atoms with Gasteiger partial charge in [-0.1, -0.05) is 12.1 Å². The van der Waals surface area contributed by atoms with Crippen molar-refractivity contribution in [2.24, 2.45) is 0 Å². The van der Waals surface area contributed by atoms with Gasteiger partial charge in [0.25, 0.3) is 0 Å². The Balaban J connectivity index is 2.47. The summed E-state index contributed by atoms with van der Waals surface area (Å²) in [5.74, 6) is 0.0730. The molecule has 2 N–H and O–H groups in total. The fourth-order valence-electron chi connectivity index (χ4n) is 1.59. The van der Waals surface area contributed by atoms with E-state index in [1.54, 1.807) is 30.5 Å². The van der Waals surface area contributed by atoms with Gasteiger partial charge >= 0.3 is 5.97 Å². The van der Waals surface area contributed by atoms with Crippen LogP contribution in [0.5, 0.6) is 0 Å². The molecule has 4 nitrogen and oxygen atoms in total. The molecule has 2 rings (SSSR count). The Morgan fingerprint density at radius 3 is 2.82 bits per heavy atom. The quantitative estimate of drug-likeness (QED) is 0.799. The van der Waals surface area contributed by atoms with Crippen LogP contribution >= 0.6 is 0 Å². The number of aromatic nitrogens is 1. The smallest absolute Gasteiger partial charge is 0.337 e. The minimum absolute atomic E-state index is 0.366. The van der Waals surface area contributed by atoms with Crippen LogP contribution < -0.4 is 5.73 Å². The lowest BCUT2D eigenvalue weighted by Gasteiger charge is -2.06. The van der Waals surface area contributed by atoms with Crippen LogP contribution in [0.25, 0.3) is 11.1 Å². The van der Waals surface area contributed by atoms with Crippen LogP contribution in [0, 0.1) is 0 Å². The maximum Gasteiger partial charge on any atom is 0.337 e. The highest BCUT2D eigenvalue weighted by atomic mass is 16.5. The number of nitrogen functional groups attached to an aromatic ring is 1. The molecule has 0 spiro atoms. The molecule has 0 radical (unpaired) electrons. The molecule has 86 valence electrons. The van der Waals surface area contributed by atoms with Crippen LogP contribution in [0.3, 0.4) is 0 Å². The van der Waals surface area contributed by atoms with E-state index in [0.717, 1.165) is 11.1 Å². The number of carbonyl (C=O) groups excluding carboxylic acids is 1. The number of anilines is 1. The minimum atomic E-state index is -0.366. The molecule has 0 fully saturated rings. The van der Waals surface area contributed by atoms with Crippen molar-refractivity contribution >= 4 is 11.8 Å². The lowest BCUT2D eigenvalue weighted by atomic mass is 10.0. The number of nitrogens with zero attached hydrogens (tertiary/aromatic N) is 1. The molecule has 4 heteroatoms. The Morgan fingerprint density at radius 2 is 2.12 bits per heavy atom. The summed E-state index contributed by atoms with van der Waals surface area (Å²) in [7, 11) is 1.35. The van der Waals surface area contributed by atoms with Gasteiger partial charge in [-0.3, -0.25) is 0 Å². The molecule has 1 aromatic carbocycles. The molecule has 0 atom stereocenters. The molecule has 0 aliphatic carbocycles. The van der Waals surface area contributed by atoms with Gasteiger partial charge in [-0.05, 0) is 29.8 Å². The highest BCUT2D eigenvalue weighted by Gasteiger charge is 2.08. The predicted molar refractivity (Wildman–Crippen MR) is 65.4 cm³/mol. The van der Waals surface area contributed by atoms with Crippen molar-refractivity contribution in [1.29, 1.82) is 0 Å². The molecule has 1 heterocycles. The molecule has 0 saturated carbocycles. The van der Waals surface area contributed by atoms with Crippen molar-refractivity contribution in [2.45, 2.75) is 0 Å². The van der Waals surface area contributed by atoms with Gasteiger partial charge in [0.2, 0.25) is 0 Å². The second-order valence-corrected chi connectivity index (χ2v) is 3.51. The van der Waals surface area contributed by atoms with Crippen molar-refractivity contribution in [3.8, 4) is 11.1 Å². The number of pyridine rings is 1. The van der Waals surface area contributed by atoms with Crippen LogP contribution in [0.15, 0.2) is 42.6 Å². The van der Waals surface area contributed by atoms with E-state index < -0.39 is 0 Å². The lowest BCUT2D eigenvalue weighted by Crippen LogP contribution is -2.01. The summed E-state index contributed by atoms with van der Waals surface area (Å²) in [6.07, 6.45) is 1.63. The first-order valence-electron chi connectivity index (χ1n) is 5.11. The zero-order valence-electron chi connectivity index (χ0n) is 9.38. The van der Waals surface area contributed by atoms with E-state index >= 15 is 0 Å². The Kier molecular flexibility index (Phi) is 3.05. The summed E-state index contributed by atoms with van der Waals surface area (Å²) in [4.78, 5) is 15.4. The van der Waals surface area contributed by atoms with Crippen LogP contribution in [0.2, 0.25) is 0 Å². The molecule has 2 aromatic rings. The third-order valence-corrected chi connectivity index (χ3v) is 2.43. The monoisotopic (exact) mass is 228 g/mol. The number of methoxy groups -OCH3 is 1. The highest BCUT2D eigenvalue weighted by molar-refractivity contribution is 5.91. The number of esters is 1. The molecule has 17 heavy (non-hydrogen) atoms. The first-order chi connectivity index (χ1) is 8.22. The van der Waals surface area contributed by atoms with Crippen molar-refractivity contribution in [3.05, 3.63) is 48.2 Å². The second-order valence-electron chi connectivity index (χ2n) is 3.51. The molecule has 0 saturated heterocycles. The number of hydrogen-bond acceptors (Lipinski definition) is 4. The molecular weight excluding hydrogens is 216 g/mol. The fraction of sp³-hybridized carbons (Fsp3) is 0.0769. The van der Waals surface area contributed by atoms with Crippen LogP contribution in [-0.4, -0.2) is 18.1 Å². The van der Waals surface area contributed by atoms with Crippen LogP contribution in [0.1, 0.15) is 10.4 Å². The average molecular weight is 228 g/mol. The molecule has 1 aromatic heterocycles. The highest BCUT2D eigenvalue weighted by Crippen LogP contribution is 2.24. The Morgan fingerprint density at radius 1 is 1.29 bits per heavy atom. The number of rotatable bonds is 2. The molecule has 0 bridgehead atoms. The summed E-state index contributed by atoms with van der Waals surface area (Å²) >= 11 is 0.